The van der Waals surface area contributed by atoms with Gasteiger partial charge in [0.05, 0.1) is 0 Å². The van der Waals surface area contributed by atoms with E-state index in [2.05, 4.69) is 48.8 Å². The topological polar surface area (TPSA) is 55.0 Å². The molecule has 0 saturated heterocycles. The van der Waals surface area contributed by atoms with Gasteiger partial charge in [0.15, 0.2) is 0 Å². The molecule has 4 heteroatoms. The zero-order valence-corrected chi connectivity index (χ0v) is 12.3. The van der Waals surface area contributed by atoms with Gasteiger partial charge in [0.25, 0.3) is 0 Å². The number of hydrogen-bond acceptors (Lipinski definition) is 4. The molecule has 0 fully saturated rings. The molecule has 102 valence electrons. The molecule has 0 aliphatic heterocycles. The maximum atomic E-state index is 6.07. The molecule has 0 aliphatic rings. The Labute approximate surface area is 111 Å². The van der Waals surface area contributed by atoms with Crippen LogP contribution in [0.1, 0.15) is 38.7 Å². The average Bonchev–Trinajstić information content (AvgIpc) is 2.34. The summed E-state index contributed by atoms with van der Waals surface area (Å²) in [5.41, 5.74) is 7.16. The third-order valence-electron chi connectivity index (χ3n) is 3.28. The minimum absolute atomic E-state index is 0.251. The summed E-state index contributed by atoms with van der Waals surface area (Å²) in [5.74, 6) is 2.36. The van der Waals surface area contributed by atoms with Gasteiger partial charge in [-0.3, -0.25) is 0 Å². The van der Waals surface area contributed by atoms with Crippen LogP contribution in [-0.2, 0) is 6.42 Å². The summed E-state index contributed by atoms with van der Waals surface area (Å²) in [6.45, 7) is 9.30. The second-order valence-corrected chi connectivity index (χ2v) is 5.24. The van der Waals surface area contributed by atoms with Crippen molar-refractivity contribution in [1.82, 2.24) is 9.97 Å². The molecule has 1 heterocycles. The number of nitrogens with two attached hydrogens (primary N) is 1. The van der Waals surface area contributed by atoms with E-state index in [1.54, 1.807) is 0 Å². The Kier molecular flexibility index (Phi) is 5.54. The van der Waals surface area contributed by atoms with Crippen LogP contribution in [0.15, 0.2) is 6.07 Å². The first kappa shape index (κ1) is 14.9. The maximum absolute atomic E-state index is 6.07. The van der Waals surface area contributed by atoms with E-state index in [0.717, 1.165) is 36.7 Å². The fourth-order valence-electron chi connectivity index (χ4n) is 1.78. The fraction of sp³-hybridized carbons (Fsp3) is 0.714. The number of nitrogens with zero attached hydrogens (tertiary/aromatic N) is 3. The van der Waals surface area contributed by atoms with Gasteiger partial charge in [-0.25, -0.2) is 9.97 Å². The zero-order chi connectivity index (χ0) is 13.7. The highest BCUT2D eigenvalue weighted by Crippen LogP contribution is 2.13. The van der Waals surface area contributed by atoms with Gasteiger partial charge in [-0.15, -0.1) is 0 Å². The maximum Gasteiger partial charge on any atom is 0.132 e. The quantitative estimate of drug-likeness (QED) is 0.840. The first-order valence-electron chi connectivity index (χ1n) is 6.75. The molecule has 1 aromatic rings. The lowest BCUT2D eigenvalue weighted by molar-refractivity contribution is 0.465. The van der Waals surface area contributed by atoms with Crippen LogP contribution in [0.25, 0.3) is 0 Å². The SMILES string of the molecule is CCc1cc(N(C)CCC(N)C(C)C)nc(C)n1. The molecule has 0 amide bonds. The van der Waals surface area contributed by atoms with Crippen molar-refractivity contribution in [2.45, 2.75) is 46.6 Å². The molecule has 1 unspecified atom stereocenters. The van der Waals surface area contributed by atoms with Gasteiger partial charge < -0.3 is 10.6 Å². The molecular weight excluding hydrogens is 224 g/mol. The van der Waals surface area contributed by atoms with Gasteiger partial charge in [-0.05, 0) is 25.7 Å². The third-order valence-corrected chi connectivity index (χ3v) is 3.28. The van der Waals surface area contributed by atoms with Crippen molar-refractivity contribution in [2.75, 3.05) is 18.5 Å². The standard InChI is InChI=1S/C14H26N4/c1-6-12-9-14(17-11(4)16-12)18(5)8-7-13(15)10(2)3/h9-10,13H,6-8,15H2,1-5H3. The predicted octanol–water partition coefficient (Wildman–Crippen LogP) is 2.16. The van der Waals surface area contributed by atoms with Crippen LogP contribution < -0.4 is 10.6 Å². The molecule has 1 rings (SSSR count). The van der Waals surface area contributed by atoms with Gasteiger partial charge in [0, 0.05) is 31.4 Å². The van der Waals surface area contributed by atoms with Gasteiger partial charge in [0.1, 0.15) is 11.6 Å². The number of anilines is 1. The van der Waals surface area contributed by atoms with E-state index in [-0.39, 0.29) is 6.04 Å². The molecule has 1 aromatic heterocycles. The van der Waals surface area contributed by atoms with E-state index >= 15 is 0 Å². The van der Waals surface area contributed by atoms with E-state index in [1.165, 1.54) is 0 Å². The number of hydrogen-bond donors (Lipinski definition) is 1. The summed E-state index contributed by atoms with van der Waals surface area (Å²) < 4.78 is 0. The van der Waals surface area contributed by atoms with E-state index in [9.17, 15) is 0 Å². The summed E-state index contributed by atoms with van der Waals surface area (Å²) in [6, 6.07) is 2.31. The summed E-state index contributed by atoms with van der Waals surface area (Å²) in [4.78, 5) is 11.0. The van der Waals surface area contributed by atoms with Crippen molar-refractivity contribution in [3.05, 3.63) is 17.6 Å². The molecule has 2 N–H and O–H groups in total. The highest BCUT2D eigenvalue weighted by molar-refractivity contribution is 5.38. The molecule has 0 radical (unpaired) electrons. The van der Waals surface area contributed by atoms with Gasteiger partial charge >= 0.3 is 0 Å². The van der Waals surface area contributed by atoms with Crippen molar-refractivity contribution in [3.8, 4) is 0 Å². The van der Waals surface area contributed by atoms with Gasteiger partial charge in [-0.2, -0.15) is 0 Å². The van der Waals surface area contributed by atoms with Crippen LogP contribution in [0.4, 0.5) is 5.82 Å². The highest BCUT2D eigenvalue weighted by atomic mass is 15.2. The Balaban J connectivity index is 2.66. The monoisotopic (exact) mass is 250 g/mol. The van der Waals surface area contributed by atoms with Gasteiger partial charge in [0.2, 0.25) is 0 Å². The van der Waals surface area contributed by atoms with Crippen LogP contribution in [-0.4, -0.2) is 29.6 Å². The smallest absolute Gasteiger partial charge is 0.132 e. The first-order chi connectivity index (χ1) is 8.43. The molecule has 0 spiro atoms. The van der Waals surface area contributed by atoms with Crippen molar-refractivity contribution in [2.24, 2.45) is 11.7 Å². The average molecular weight is 250 g/mol. The van der Waals surface area contributed by atoms with Gasteiger partial charge in [-0.1, -0.05) is 20.8 Å². The van der Waals surface area contributed by atoms with Crippen molar-refractivity contribution in [1.29, 1.82) is 0 Å². The summed E-state index contributed by atoms with van der Waals surface area (Å²) in [5, 5.41) is 0. The number of aromatic nitrogens is 2. The number of aryl methyl sites for hydroxylation is 2. The van der Waals surface area contributed by atoms with E-state index < -0.39 is 0 Å². The summed E-state index contributed by atoms with van der Waals surface area (Å²) in [6.07, 6.45) is 1.92. The summed E-state index contributed by atoms with van der Waals surface area (Å²) in [7, 11) is 2.06. The molecule has 4 nitrogen and oxygen atoms in total. The Bertz CT molecular complexity index is 376. The second-order valence-electron chi connectivity index (χ2n) is 5.24. The summed E-state index contributed by atoms with van der Waals surface area (Å²) >= 11 is 0. The Morgan fingerprint density at radius 2 is 2.00 bits per heavy atom. The van der Waals surface area contributed by atoms with Crippen molar-refractivity contribution in [3.63, 3.8) is 0 Å². The van der Waals surface area contributed by atoms with E-state index in [1.807, 2.05) is 6.92 Å². The van der Waals surface area contributed by atoms with Crippen LogP contribution in [0.2, 0.25) is 0 Å². The highest BCUT2D eigenvalue weighted by Gasteiger charge is 2.11. The lowest BCUT2D eigenvalue weighted by atomic mass is 10.0. The molecule has 0 aromatic carbocycles. The minimum Gasteiger partial charge on any atom is -0.360 e. The van der Waals surface area contributed by atoms with E-state index in [4.69, 9.17) is 5.73 Å². The lowest BCUT2D eigenvalue weighted by Gasteiger charge is -2.22. The Hall–Kier alpha value is -1.16. The largest absolute Gasteiger partial charge is 0.360 e. The molecule has 0 bridgehead atoms. The molecule has 0 saturated carbocycles. The molecule has 0 aliphatic carbocycles. The van der Waals surface area contributed by atoms with Crippen molar-refractivity contribution >= 4 is 5.82 Å². The predicted molar refractivity (Wildman–Crippen MR) is 76.8 cm³/mol. The minimum atomic E-state index is 0.251. The van der Waals surface area contributed by atoms with Crippen LogP contribution in [0.3, 0.4) is 0 Å². The van der Waals surface area contributed by atoms with Crippen molar-refractivity contribution < 1.29 is 0 Å². The third kappa shape index (κ3) is 4.26. The molecule has 1 atom stereocenters. The zero-order valence-electron chi connectivity index (χ0n) is 12.3. The molecule has 18 heavy (non-hydrogen) atoms. The lowest BCUT2D eigenvalue weighted by Crippen LogP contribution is -2.32. The fourth-order valence-corrected chi connectivity index (χ4v) is 1.78. The Morgan fingerprint density at radius 3 is 2.56 bits per heavy atom. The normalized spacial score (nSPS) is 12.8. The second kappa shape index (κ2) is 6.69. The first-order valence-corrected chi connectivity index (χ1v) is 6.75. The van der Waals surface area contributed by atoms with Crippen LogP contribution >= 0.6 is 0 Å². The molecular formula is C14H26N4. The van der Waals surface area contributed by atoms with Crippen LogP contribution in [0, 0.1) is 12.8 Å². The Morgan fingerprint density at radius 1 is 1.33 bits per heavy atom. The number of rotatable bonds is 6. The van der Waals surface area contributed by atoms with Crippen LogP contribution in [0.5, 0.6) is 0 Å². The van der Waals surface area contributed by atoms with E-state index in [0.29, 0.717) is 5.92 Å².